The van der Waals surface area contributed by atoms with E-state index in [2.05, 4.69) is 15.5 Å². The predicted octanol–water partition coefficient (Wildman–Crippen LogP) is 4.59. The molecule has 2 aromatic heterocycles. The van der Waals surface area contributed by atoms with Gasteiger partial charge in [0.15, 0.2) is 0 Å². The number of hydrogen-bond donors (Lipinski definition) is 1. The highest BCUT2D eigenvalue weighted by atomic mass is 32.1. The molecule has 1 saturated carbocycles. The first-order valence-corrected chi connectivity index (χ1v) is 11.3. The number of carbonyl (C=O) groups excluding carboxylic acids is 2. The highest BCUT2D eigenvalue weighted by Gasteiger charge is 2.35. The number of aryl methyl sites for hydroxylation is 3. The van der Waals surface area contributed by atoms with Gasteiger partial charge in [0.25, 0.3) is 0 Å². The van der Waals surface area contributed by atoms with Gasteiger partial charge in [0, 0.05) is 29.4 Å². The summed E-state index contributed by atoms with van der Waals surface area (Å²) in [5, 5.41) is 7.09. The van der Waals surface area contributed by atoms with Gasteiger partial charge in [-0.1, -0.05) is 11.2 Å². The maximum atomic E-state index is 12.9. The number of hydrogen-bond acceptors (Lipinski definition) is 6. The minimum Gasteiger partial charge on any atom is -0.339 e. The number of rotatable bonds is 5. The lowest BCUT2D eigenvalue weighted by Crippen LogP contribution is -2.28. The van der Waals surface area contributed by atoms with Crippen LogP contribution < -0.4 is 10.2 Å². The molecule has 3 aromatic rings. The Morgan fingerprint density at radius 2 is 2.00 bits per heavy atom. The molecule has 2 amide bonds. The summed E-state index contributed by atoms with van der Waals surface area (Å²) in [6.45, 7) is 6.41. The maximum Gasteiger partial charge on any atom is 0.230 e. The molecule has 3 heterocycles. The van der Waals surface area contributed by atoms with Crippen LogP contribution in [0.25, 0.3) is 10.7 Å². The van der Waals surface area contributed by atoms with E-state index >= 15 is 0 Å². The molecular weight excluding hydrogens is 412 g/mol. The van der Waals surface area contributed by atoms with Gasteiger partial charge in [-0.05, 0) is 62.9 Å². The van der Waals surface area contributed by atoms with Crippen molar-refractivity contribution in [1.82, 2.24) is 10.1 Å². The predicted molar refractivity (Wildman–Crippen MR) is 119 cm³/mol. The normalized spacial score (nSPS) is 18.6. The van der Waals surface area contributed by atoms with E-state index in [4.69, 9.17) is 4.52 Å². The molecule has 8 heteroatoms. The van der Waals surface area contributed by atoms with Gasteiger partial charge >= 0.3 is 0 Å². The van der Waals surface area contributed by atoms with E-state index in [-0.39, 0.29) is 24.2 Å². The van der Waals surface area contributed by atoms with Crippen LogP contribution in [0.3, 0.4) is 0 Å². The number of amides is 2. The van der Waals surface area contributed by atoms with E-state index in [0.29, 0.717) is 24.2 Å². The molecule has 5 rings (SSSR count). The highest BCUT2D eigenvalue weighted by Crippen LogP contribution is 2.40. The Kier molecular flexibility index (Phi) is 4.89. The second kappa shape index (κ2) is 7.60. The second-order valence-corrected chi connectivity index (χ2v) is 9.73. The minimum atomic E-state index is -0.386. The lowest BCUT2D eigenvalue weighted by atomic mass is 10.1. The average molecular weight is 437 g/mol. The number of thiophene rings is 1. The van der Waals surface area contributed by atoms with Crippen molar-refractivity contribution in [2.45, 2.75) is 46.0 Å². The van der Waals surface area contributed by atoms with Crippen LogP contribution in [0.2, 0.25) is 0 Å². The molecule has 0 bridgehead atoms. The average Bonchev–Trinajstić information content (AvgIpc) is 3.16. The van der Waals surface area contributed by atoms with Crippen molar-refractivity contribution in [2.75, 3.05) is 16.8 Å². The van der Waals surface area contributed by atoms with E-state index in [1.165, 1.54) is 16.9 Å². The van der Waals surface area contributed by atoms with Crippen molar-refractivity contribution < 1.29 is 14.1 Å². The number of nitrogens with one attached hydrogen (secondary N) is 1. The Morgan fingerprint density at radius 3 is 2.74 bits per heavy atom. The molecule has 2 fully saturated rings. The number of carbonyl (C=O) groups is 2. The Labute approximate surface area is 184 Å². The van der Waals surface area contributed by atoms with Crippen LogP contribution in [0.15, 0.2) is 28.8 Å². The number of benzene rings is 1. The summed E-state index contributed by atoms with van der Waals surface area (Å²) >= 11 is 1.52. The quantitative estimate of drug-likeness (QED) is 0.632. The van der Waals surface area contributed by atoms with Crippen molar-refractivity contribution in [3.05, 3.63) is 46.2 Å². The summed E-state index contributed by atoms with van der Waals surface area (Å²) in [6, 6.07) is 7.84. The van der Waals surface area contributed by atoms with Crippen LogP contribution in [0.4, 0.5) is 11.4 Å². The van der Waals surface area contributed by atoms with Crippen LogP contribution in [-0.2, 0) is 9.59 Å². The molecule has 1 aliphatic carbocycles. The van der Waals surface area contributed by atoms with Crippen molar-refractivity contribution in [1.29, 1.82) is 0 Å². The molecule has 160 valence electrons. The van der Waals surface area contributed by atoms with E-state index in [1.54, 1.807) is 4.90 Å². The maximum absolute atomic E-state index is 12.9. The number of aromatic nitrogens is 2. The first-order chi connectivity index (χ1) is 14.9. The zero-order chi connectivity index (χ0) is 21.7. The van der Waals surface area contributed by atoms with Gasteiger partial charge in [0.05, 0.1) is 16.5 Å². The topological polar surface area (TPSA) is 88.3 Å². The largest absolute Gasteiger partial charge is 0.339 e. The fourth-order valence-corrected chi connectivity index (χ4v) is 4.71. The summed E-state index contributed by atoms with van der Waals surface area (Å²) in [6.07, 6.45) is 2.42. The zero-order valence-corrected chi connectivity index (χ0v) is 18.6. The first kappa shape index (κ1) is 19.9. The van der Waals surface area contributed by atoms with Gasteiger partial charge in [-0.15, -0.1) is 11.3 Å². The molecular formula is C23H24N4O3S. The Hall–Kier alpha value is -3.00. The SMILES string of the molecule is Cc1ccc(N2CC(C(=O)Nc3cc(-c4noc(C5CC5)n4)sc3C)CC2=O)cc1C. The van der Waals surface area contributed by atoms with Gasteiger partial charge < -0.3 is 14.7 Å². The smallest absolute Gasteiger partial charge is 0.230 e. The van der Waals surface area contributed by atoms with Crippen LogP contribution in [0, 0.1) is 26.7 Å². The third-order valence-electron chi connectivity index (χ3n) is 6.06. The van der Waals surface area contributed by atoms with Crippen LogP contribution in [0.1, 0.15) is 47.1 Å². The third-order valence-corrected chi connectivity index (χ3v) is 7.11. The first-order valence-electron chi connectivity index (χ1n) is 10.5. The molecule has 1 N–H and O–H groups in total. The summed E-state index contributed by atoms with van der Waals surface area (Å²) in [4.78, 5) is 33.5. The van der Waals surface area contributed by atoms with Gasteiger partial charge in [-0.3, -0.25) is 9.59 Å². The molecule has 1 aliphatic heterocycles. The minimum absolute atomic E-state index is 0.0227. The van der Waals surface area contributed by atoms with Crippen molar-refractivity contribution in [2.24, 2.45) is 5.92 Å². The van der Waals surface area contributed by atoms with Crippen LogP contribution >= 0.6 is 11.3 Å². The molecule has 1 aromatic carbocycles. The Morgan fingerprint density at radius 1 is 1.19 bits per heavy atom. The molecule has 2 aliphatic rings. The molecule has 0 spiro atoms. The third kappa shape index (κ3) is 3.87. The van der Waals surface area contributed by atoms with Crippen molar-refractivity contribution in [3.63, 3.8) is 0 Å². The monoisotopic (exact) mass is 436 g/mol. The van der Waals surface area contributed by atoms with Crippen molar-refractivity contribution >= 4 is 34.5 Å². The fourth-order valence-electron chi connectivity index (χ4n) is 3.81. The van der Waals surface area contributed by atoms with Gasteiger partial charge in [0.2, 0.25) is 23.5 Å². The fraction of sp³-hybridized carbons (Fsp3) is 0.391. The van der Waals surface area contributed by atoms with E-state index < -0.39 is 0 Å². The molecule has 7 nitrogen and oxygen atoms in total. The molecule has 1 saturated heterocycles. The molecule has 1 unspecified atom stereocenters. The van der Waals surface area contributed by atoms with Gasteiger partial charge in [-0.25, -0.2) is 0 Å². The Bertz CT molecular complexity index is 1180. The van der Waals surface area contributed by atoms with Crippen LogP contribution in [0.5, 0.6) is 0 Å². The summed E-state index contributed by atoms with van der Waals surface area (Å²) in [5.41, 5.74) is 3.89. The highest BCUT2D eigenvalue weighted by molar-refractivity contribution is 7.16. The van der Waals surface area contributed by atoms with Gasteiger partial charge in [-0.2, -0.15) is 4.98 Å². The number of nitrogens with zero attached hydrogens (tertiary/aromatic N) is 3. The Balaban J connectivity index is 1.28. The molecule has 0 radical (unpaired) electrons. The van der Waals surface area contributed by atoms with Gasteiger partial charge in [0.1, 0.15) is 0 Å². The summed E-state index contributed by atoms with van der Waals surface area (Å²) in [5.74, 6) is 1.12. The molecule has 31 heavy (non-hydrogen) atoms. The molecule has 1 atom stereocenters. The number of anilines is 2. The lowest BCUT2D eigenvalue weighted by molar-refractivity contribution is -0.122. The van der Waals surface area contributed by atoms with Crippen LogP contribution in [-0.4, -0.2) is 28.5 Å². The van der Waals surface area contributed by atoms with E-state index in [0.717, 1.165) is 39.5 Å². The lowest BCUT2D eigenvalue weighted by Gasteiger charge is -2.18. The second-order valence-electron chi connectivity index (χ2n) is 8.47. The van der Waals surface area contributed by atoms with E-state index in [9.17, 15) is 9.59 Å². The zero-order valence-electron chi connectivity index (χ0n) is 17.8. The standard InChI is InChI=1S/C23H24N4O3S/c1-12-4-7-17(8-13(12)2)27-11-16(9-20(27)28)22(29)24-18-10-19(31-14(18)3)21-25-23(30-26-21)15-5-6-15/h4,7-8,10,15-16H,5-6,9,11H2,1-3H3,(H,24,29). The van der Waals surface area contributed by atoms with Crippen molar-refractivity contribution in [3.8, 4) is 10.7 Å². The summed E-state index contributed by atoms with van der Waals surface area (Å²) in [7, 11) is 0. The summed E-state index contributed by atoms with van der Waals surface area (Å²) < 4.78 is 5.35. The van der Waals surface area contributed by atoms with E-state index in [1.807, 2.05) is 45.0 Å².